The van der Waals surface area contributed by atoms with Crippen molar-refractivity contribution in [1.29, 1.82) is 0 Å². The fourth-order valence-corrected chi connectivity index (χ4v) is 1.70. The van der Waals surface area contributed by atoms with Crippen LogP contribution in [0, 0.1) is 6.92 Å². The molecular weight excluding hydrogens is 194 g/mol. The molecule has 1 saturated carbocycles. The highest BCUT2D eigenvalue weighted by atomic mass is 35.5. The van der Waals surface area contributed by atoms with Crippen LogP contribution in [-0.4, -0.2) is 12.6 Å². The number of benzene rings is 1. The third-order valence-electron chi connectivity index (χ3n) is 2.66. The molecule has 1 nitrogen and oxygen atoms in total. The molecule has 1 fully saturated rings. The van der Waals surface area contributed by atoms with Crippen LogP contribution in [0.15, 0.2) is 18.2 Å². The Balaban J connectivity index is 1.85. The number of rotatable bonds is 4. The molecule has 0 spiro atoms. The van der Waals surface area contributed by atoms with E-state index in [0.29, 0.717) is 0 Å². The molecule has 0 aliphatic heterocycles. The Bertz CT molecular complexity index is 318. The van der Waals surface area contributed by atoms with Crippen LogP contribution >= 0.6 is 11.6 Å². The van der Waals surface area contributed by atoms with Crippen molar-refractivity contribution < 1.29 is 0 Å². The van der Waals surface area contributed by atoms with Gasteiger partial charge in [0, 0.05) is 11.1 Å². The summed E-state index contributed by atoms with van der Waals surface area (Å²) in [5.74, 6) is 0. The lowest BCUT2D eigenvalue weighted by molar-refractivity contribution is 0.682. The molecule has 0 bridgehead atoms. The minimum atomic E-state index is 0.802. The minimum absolute atomic E-state index is 0.802. The van der Waals surface area contributed by atoms with Crippen molar-refractivity contribution in [1.82, 2.24) is 5.32 Å². The average molecular weight is 210 g/mol. The molecule has 0 aromatic heterocycles. The molecule has 0 unspecified atom stereocenters. The zero-order valence-corrected chi connectivity index (χ0v) is 9.27. The van der Waals surface area contributed by atoms with Crippen molar-refractivity contribution in [2.75, 3.05) is 6.54 Å². The average Bonchev–Trinajstić information content (AvgIpc) is 2.95. The van der Waals surface area contributed by atoms with Crippen molar-refractivity contribution in [3.63, 3.8) is 0 Å². The molecule has 2 heteroatoms. The Morgan fingerprint density at radius 1 is 1.43 bits per heavy atom. The van der Waals surface area contributed by atoms with Crippen LogP contribution in [-0.2, 0) is 6.42 Å². The quantitative estimate of drug-likeness (QED) is 0.804. The van der Waals surface area contributed by atoms with Gasteiger partial charge in [0.05, 0.1) is 0 Å². The summed E-state index contributed by atoms with van der Waals surface area (Å²) < 4.78 is 0. The van der Waals surface area contributed by atoms with Crippen LogP contribution < -0.4 is 5.32 Å². The van der Waals surface area contributed by atoms with Gasteiger partial charge in [-0.15, -0.1) is 0 Å². The molecule has 2 rings (SSSR count). The van der Waals surface area contributed by atoms with E-state index in [4.69, 9.17) is 11.6 Å². The van der Waals surface area contributed by atoms with Crippen molar-refractivity contribution >= 4 is 11.6 Å². The summed E-state index contributed by atoms with van der Waals surface area (Å²) in [5.41, 5.74) is 2.49. The Morgan fingerprint density at radius 2 is 2.21 bits per heavy atom. The first kappa shape index (κ1) is 10.0. The molecule has 0 radical (unpaired) electrons. The molecule has 0 saturated heterocycles. The number of hydrogen-bond donors (Lipinski definition) is 1. The summed E-state index contributed by atoms with van der Waals surface area (Å²) >= 11 is 6.05. The van der Waals surface area contributed by atoms with E-state index in [9.17, 15) is 0 Å². The molecule has 14 heavy (non-hydrogen) atoms. The minimum Gasteiger partial charge on any atom is -0.314 e. The van der Waals surface area contributed by atoms with Gasteiger partial charge in [0.25, 0.3) is 0 Å². The van der Waals surface area contributed by atoms with Crippen LogP contribution in [0.3, 0.4) is 0 Å². The van der Waals surface area contributed by atoms with Gasteiger partial charge in [-0.25, -0.2) is 0 Å². The summed E-state index contributed by atoms with van der Waals surface area (Å²) in [6.45, 7) is 3.11. The van der Waals surface area contributed by atoms with Gasteiger partial charge in [0.15, 0.2) is 0 Å². The second-order valence-corrected chi connectivity index (χ2v) is 4.47. The van der Waals surface area contributed by atoms with Crippen LogP contribution in [0.2, 0.25) is 5.02 Å². The van der Waals surface area contributed by atoms with E-state index < -0.39 is 0 Å². The first-order chi connectivity index (χ1) is 6.75. The normalized spacial score (nSPS) is 15.9. The second kappa shape index (κ2) is 4.33. The SMILES string of the molecule is Cc1ccc(CCNC2CC2)cc1Cl. The van der Waals surface area contributed by atoms with Crippen LogP contribution in [0.1, 0.15) is 24.0 Å². The largest absolute Gasteiger partial charge is 0.314 e. The van der Waals surface area contributed by atoms with Crippen molar-refractivity contribution in [2.24, 2.45) is 0 Å². The smallest absolute Gasteiger partial charge is 0.0437 e. The molecule has 1 aliphatic rings. The molecular formula is C12H16ClN. The lowest BCUT2D eigenvalue weighted by Crippen LogP contribution is -2.19. The van der Waals surface area contributed by atoms with Crippen molar-refractivity contribution in [2.45, 2.75) is 32.2 Å². The summed E-state index contributed by atoms with van der Waals surface area (Å²) in [4.78, 5) is 0. The summed E-state index contributed by atoms with van der Waals surface area (Å²) in [6, 6.07) is 7.13. The third-order valence-corrected chi connectivity index (χ3v) is 3.07. The van der Waals surface area contributed by atoms with E-state index in [1.165, 1.54) is 18.4 Å². The molecule has 76 valence electrons. The van der Waals surface area contributed by atoms with Gasteiger partial charge in [-0.05, 0) is 49.9 Å². The van der Waals surface area contributed by atoms with Gasteiger partial charge in [0.2, 0.25) is 0 Å². The summed E-state index contributed by atoms with van der Waals surface area (Å²) in [5, 5.41) is 4.38. The predicted octanol–water partition coefficient (Wildman–Crippen LogP) is 2.94. The van der Waals surface area contributed by atoms with Crippen molar-refractivity contribution in [3.05, 3.63) is 34.3 Å². The van der Waals surface area contributed by atoms with Crippen LogP contribution in [0.5, 0.6) is 0 Å². The molecule has 1 aromatic carbocycles. The van der Waals surface area contributed by atoms with Gasteiger partial charge in [-0.3, -0.25) is 0 Å². The van der Waals surface area contributed by atoms with E-state index in [0.717, 1.165) is 29.6 Å². The van der Waals surface area contributed by atoms with E-state index >= 15 is 0 Å². The van der Waals surface area contributed by atoms with Gasteiger partial charge >= 0.3 is 0 Å². The maximum absolute atomic E-state index is 6.05. The lowest BCUT2D eigenvalue weighted by atomic mass is 10.1. The number of nitrogens with one attached hydrogen (secondary N) is 1. The van der Waals surface area contributed by atoms with Crippen molar-refractivity contribution in [3.8, 4) is 0 Å². The predicted molar refractivity (Wildman–Crippen MR) is 60.9 cm³/mol. The van der Waals surface area contributed by atoms with Gasteiger partial charge < -0.3 is 5.32 Å². The number of hydrogen-bond acceptors (Lipinski definition) is 1. The third kappa shape index (κ3) is 2.73. The standard InChI is InChI=1S/C12H16ClN/c1-9-2-3-10(8-12(9)13)6-7-14-11-4-5-11/h2-3,8,11,14H,4-7H2,1H3. The topological polar surface area (TPSA) is 12.0 Å². The van der Waals surface area contributed by atoms with Gasteiger partial charge in [-0.2, -0.15) is 0 Å². The van der Waals surface area contributed by atoms with E-state index in [-0.39, 0.29) is 0 Å². The van der Waals surface area contributed by atoms with E-state index in [1.54, 1.807) is 0 Å². The Labute approximate surface area is 90.5 Å². The highest BCUT2D eigenvalue weighted by Crippen LogP contribution is 2.19. The van der Waals surface area contributed by atoms with Gasteiger partial charge in [0.1, 0.15) is 0 Å². The number of halogens is 1. The van der Waals surface area contributed by atoms with E-state index in [1.807, 2.05) is 6.92 Å². The Hall–Kier alpha value is -0.530. The van der Waals surface area contributed by atoms with Crippen LogP contribution in [0.25, 0.3) is 0 Å². The Morgan fingerprint density at radius 3 is 2.86 bits per heavy atom. The second-order valence-electron chi connectivity index (χ2n) is 4.06. The summed E-state index contributed by atoms with van der Waals surface area (Å²) in [7, 11) is 0. The molecule has 1 aliphatic carbocycles. The molecule has 1 N–H and O–H groups in total. The first-order valence-corrected chi connectivity index (χ1v) is 5.62. The highest BCUT2D eigenvalue weighted by molar-refractivity contribution is 6.31. The zero-order chi connectivity index (χ0) is 9.97. The zero-order valence-electron chi connectivity index (χ0n) is 8.52. The first-order valence-electron chi connectivity index (χ1n) is 5.24. The molecule has 1 aromatic rings. The molecule has 0 atom stereocenters. The lowest BCUT2D eigenvalue weighted by Gasteiger charge is -2.04. The molecule has 0 amide bonds. The van der Waals surface area contributed by atoms with Gasteiger partial charge in [-0.1, -0.05) is 23.7 Å². The van der Waals surface area contributed by atoms with E-state index in [2.05, 4.69) is 23.5 Å². The fourth-order valence-electron chi connectivity index (χ4n) is 1.50. The Kier molecular flexibility index (Phi) is 3.09. The molecule has 0 heterocycles. The maximum atomic E-state index is 6.05. The maximum Gasteiger partial charge on any atom is 0.0437 e. The summed E-state index contributed by atoms with van der Waals surface area (Å²) in [6.07, 6.45) is 3.79. The highest BCUT2D eigenvalue weighted by Gasteiger charge is 2.19. The van der Waals surface area contributed by atoms with Crippen LogP contribution in [0.4, 0.5) is 0 Å². The fraction of sp³-hybridized carbons (Fsp3) is 0.500. The monoisotopic (exact) mass is 209 g/mol. The number of aryl methyl sites for hydroxylation is 1.